The SMILES string of the molecule is CC1CC(C(=O)O)CN(Cc2cc([N+](=O)[O-])ccc2OC(C)C)C1. The van der Waals surface area contributed by atoms with Gasteiger partial charge in [0.2, 0.25) is 0 Å². The van der Waals surface area contributed by atoms with Crippen LogP contribution in [-0.4, -0.2) is 40.1 Å². The molecule has 0 aromatic heterocycles. The van der Waals surface area contributed by atoms with Crippen molar-refractivity contribution in [2.45, 2.75) is 39.8 Å². The number of ether oxygens (including phenoxy) is 1. The predicted octanol–water partition coefficient (Wildman–Crippen LogP) is 2.92. The molecule has 0 spiro atoms. The molecule has 24 heavy (non-hydrogen) atoms. The van der Waals surface area contributed by atoms with E-state index in [4.69, 9.17) is 4.74 Å². The molecule has 0 radical (unpaired) electrons. The van der Waals surface area contributed by atoms with Gasteiger partial charge in [0, 0.05) is 37.3 Å². The van der Waals surface area contributed by atoms with Crippen molar-refractivity contribution < 1.29 is 19.6 Å². The summed E-state index contributed by atoms with van der Waals surface area (Å²) in [4.78, 5) is 24.0. The fourth-order valence-electron chi connectivity index (χ4n) is 3.18. The van der Waals surface area contributed by atoms with E-state index < -0.39 is 16.8 Å². The maximum atomic E-state index is 11.3. The van der Waals surface area contributed by atoms with E-state index in [0.29, 0.717) is 25.3 Å². The van der Waals surface area contributed by atoms with Crippen LogP contribution >= 0.6 is 0 Å². The van der Waals surface area contributed by atoms with Crippen molar-refractivity contribution in [3.05, 3.63) is 33.9 Å². The van der Waals surface area contributed by atoms with Crippen LogP contribution in [0.15, 0.2) is 18.2 Å². The van der Waals surface area contributed by atoms with Crippen LogP contribution in [0.2, 0.25) is 0 Å². The standard InChI is InChI=1S/C17H24N2O5/c1-11(2)24-16-5-4-15(19(22)23)7-13(16)9-18-8-12(3)6-14(10-18)17(20)21/h4-5,7,11-12,14H,6,8-10H2,1-3H3,(H,20,21). The van der Waals surface area contributed by atoms with Gasteiger partial charge in [-0.15, -0.1) is 0 Å². The molecule has 1 aromatic rings. The lowest BCUT2D eigenvalue weighted by molar-refractivity contribution is -0.385. The number of hydrogen-bond acceptors (Lipinski definition) is 5. The molecule has 1 aliphatic heterocycles. The Balaban J connectivity index is 2.23. The van der Waals surface area contributed by atoms with Crippen LogP contribution in [0.3, 0.4) is 0 Å². The lowest BCUT2D eigenvalue weighted by atomic mass is 9.90. The molecule has 0 amide bonds. The summed E-state index contributed by atoms with van der Waals surface area (Å²) < 4.78 is 5.76. The highest BCUT2D eigenvalue weighted by Crippen LogP contribution is 2.29. The molecule has 1 heterocycles. The van der Waals surface area contributed by atoms with Crippen molar-refractivity contribution >= 4 is 11.7 Å². The second-order valence-corrected chi connectivity index (χ2v) is 6.79. The lowest BCUT2D eigenvalue weighted by Gasteiger charge is -2.35. The maximum Gasteiger partial charge on any atom is 0.307 e. The number of nitro groups is 1. The Hall–Kier alpha value is -2.15. The van der Waals surface area contributed by atoms with Gasteiger partial charge in [0.15, 0.2) is 0 Å². The number of rotatable bonds is 6. The number of carboxylic acid groups (broad SMARTS) is 1. The Morgan fingerprint density at radius 3 is 2.75 bits per heavy atom. The molecule has 1 saturated heterocycles. The van der Waals surface area contributed by atoms with Crippen LogP contribution in [0, 0.1) is 22.0 Å². The number of carboxylic acids is 1. The minimum Gasteiger partial charge on any atom is -0.491 e. The highest BCUT2D eigenvalue weighted by atomic mass is 16.6. The molecule has 1 aliphatic rings. The fourth-order valence-corrected chi connectivity index (χ4v) is 3.18. The van der Waals surface area contributed by atoms with Crippen molar-refractivity contribution in [2.75, 3.05) is 13.1 Å². The van der Waals surface area contributed by atoms with Crippen LogP contribution in [0.1, 0.15) is 32.8 Å². The summed E-state index contributed by atoms with van der Waals surface area (Å²) in [5, 5.41) is 20.3. The monoisotopic (exact) mass is 336 g/mol. The summed E-state index contributed by atoms with van der Waals surface area (Å²) >= 11 is 0. The van der Waals surface area contributed by atoms with E-state index in [0.717, 1.165) is 12.1 Å². The molecule has 2 atom stereocenters. The summed E-state index contributed by atoms with van der Waals surface area (Å²) in [6, 6.07) is 4.57. The number of aliphatic carboxylic acids is 1. The van der Waals surface area contributed by atoms with Gasteiger partial charge in [0.25, 0.3) is 5.69 Å². The average Bonchev–Trinajstić information content (AvgIpc) is 2.47. The number of non-ortho nitro benzene ring substituents is 1. The average molecular weight is 336 g/mol. The van der Waals surface area contributed by atoms with Crippen LogP contribution in [-0.2, 0) is 11.3 Å². The highest BCUT2D eigenvalue weighted by molar-refractivity contribution is 5.70. The van der Waals surface area contributed by atoms with Crippen molar-refractivity contribution in [1.29, 1.82) is 0 Å². The molecular weight excluding hydrogens is 312 g/mol. The molecule has 0 saturated carbocycles. The second-order valence-electron chi connectivity index (χ2n) is 6.79. The van der Waals surface area contributed by atoms with Crippen LogP contribution < -0.4 is 4.74 Å². The predicted molar refractivity (Wildman–Crippen MR) is 89.0 cm³/mol. The first-order valence-electron chi connectivity index (χ1n) is 8.15. The maximum absolute atomic E-state index is 11.3. The third kappa shape index (κ3) is 4.67. The molecule has 0 aliphatic carbocycles. The summed E-state index contributed by atoms with van der Waals surface area (Å²) in [5.74, 6) is -0.306. The van der Waals surface area contributed by atoms with Gasteiger partial charge in [-0.25, -0.2) is 0 Å². The van der Waals surface area contributed by atoms with Gasteiger partial charge in [-0.2, -0.15) is 0 Å². The van der Waals surface area contributed by atoms with Gasteiger partial charge in [-0.05, 0) is 32.3 Å². The lowest BCUT2D eigenvalue weighted by Crippen LogP contribution is -2.42. The number of benzene rings is 1. The van der Waals surface area contributed by atoms with Crippen molar-refractivity contribution in [3.8, 4) is 5.75 Å². The number of nitro benzene ring substituents is 1. The normalized spacial score (nSPS) is 21.7. The van der Waals surface area contributed by atoms with E-state index in [1.807, 2.05) is 25.7 Å². The smallest absolute Gasteiger partial charge is 0.307 e. The van der Waals surface area contributed by atoms with Crippen LogP contribution in [0.5, 0.6) is 5.75 Å². The first-order valence-corrected chi connectivity index (χ1v) is 8.15. The Bertz CT molecular complexity index is 617. The first kappa shape index (κ1) is 18.2. The Morgan fingerprint density at radius 2 is 2.17 bits per heavy atom. The van der Waals surface area contributed by atoms with Gasteiger partial charge in [0.1, 0.15) is 5.75 Å². The first-order chi connectivity index (χ1) is 11.3. The molecule has 7 heteroatoms. The topological polar surface area (TPSA) is 92.9 Å². The van der Waals surface area contributed by atoms with Gasteiger partial charge in [-0.3, -0.25) is 19.8 Å². The quantitative estimate of drug-likeness (QED) is 0.634. The number of carbonyl (C=O) groups is 1. The zero-order valence-corrected chi connectivity index (χ0v) is 14.3. The third-order valence-corrected chi connectivity index (χ3v) is 4.10. The van der Waals surface area contributed by atoms with E-state index >= 15 is 0 Å². The summed E-state index contributed by atoms with van der Waals surface area (Å²) in [6.07, 6.45) is 0.619. The molecule has 1 N–H and O–H groups in total. The van der Waals surface area contributed by atoms with Crippen molar-refractivity contribution in [2.24, 2.45) is 11.8 Å². The number of likely N-dealkylation sites (tertiary alicyclic amines) is 1. The summed E-state index contributed by atoms with van der Waals surface area (Å²) in [6.45, 7) is 7.49. The minimum absolute atomic E-state index is 0.0148. The fraction of sp³-hybridized carbons (Fsp3) is 0.588. The number of hydrogen-bond donors (Lipinski definition) is 1. The molecule has 132 valence electrons. The molecule has 0 bridgehead atoms. The second kappa shape index (κ2) is 7.61. The van der Waals surface area contributed by atoms with E-state index in [1.54, 1.807) is 6.07 Å². The molecule has 2 rings (SSSR count). The number of piperidine rings is 1. The van der Waals surface area contributed by atoms with Crippen LogP contribution in [0.4, 0.5) is 5.69 Å². The molecule has 7 nitrogen and oxygen atoms in total. The van der Waals surface area contributed by atoms with Gasteiger partial charge in [0.05, 0.1) is 16.9 Å². The molecular formula is C17H24N2O5. The summed E-state index contributed by atoms with van der Waals surface area (Å²) in [5.41, 5.74) is 0.733. The summed E-state index contributed by atoms with van der Waals surface area (Å²) in [7, 11) is 0. The van der Waals surface area contributed by atoms with E-state index in [9.17, 15) is 20.0 Å². The third-order valence-electron chi connectivity index (χ3n) is 4.10. The molecule has 2 unspecified atom stereocenters. The highest BCUT2D eigenvalue weighted by Gasteiger charge is 2.30. The zero-order valence-electron chi connectivity index (χ0n) is 14.3. The van der Waals surface area contributed by atoms with Crippen molar-refractivity contribution in [1.82, 2.24) is 4.90 Å². The van der Waals surface area contributed by atoms with E-state index in [1.165, 1.54) is 12.1 Å². The largest absolute Gasteiger partial charge is 0.491 e. The Kier molecular flexibility index (Phi) is 5.77. The van der Waals surface area contributed by atoms with Crippen molar-refractivity contribution in [3.63, 3.8) is 0 Å². The minimum atomic E-state index is -0.788. The zero-order chi connectivity index (χ0) is 17.9. The van der Waals surface area contributed by atoms with Gasteiger partial charge < -0.3 is 9.84 Å². The number of nitrogens with zero attached hydrogens (tertiary/aromatic N) is 2. The van der Waals surface area contributed by atoms with Gasteiger partial charge in [-0.1, -0.05) is 6.92 Å². The van der Waals surface area contributed by atoms with E-state index in [2.05, 4.69) is 0 Å². The molecule has 1 fully saturated rings. The Labute approximate surface area is 141 Å². The van der Waals surface area contributed by atoms with Gasteiger partial charge >= 0.3 is 5.97 Å². The van der Waals surface area contributed by atoms with E-state index in [-0.39, 0.29) is 17.7 Å². The Morgan fingerprint density at radius 1 is 1.46 bits per heavy atom. The molecule has 1 aromatic carbocycles. The van der Waals surface area contributed by atoms with Crippen LogP contribution in [0.25, 0.3) is 0 Å².